The lowest BCUT2D eigenvalue weighted by Crippen LogP contribution is -1.74. The summed E-state index contributed by atoms with van der Waals surface area (Å²) < 4.78 is 1.69. The molecule has 0 aromatic heterocycles. The molecule has 11 heavy (non-hydrogen) atoms. The molecule has 0 unspecified atom stereocenters. The summed E-state index contributed by atoms with van der Waals surface area (Å²) in [5.41, 5.74) is 2.74. The van der Waals surface area contributed by atoms with Crippen molar-refractivity contribution in [3.05, 3.63) is 35.4 Å². The first kappa shape index (κ1) is 10.8. The van der Waals surface area contributed by atoms with Crippen molar-refractivity contribution in [2.75, 3.05) is 0 Å². The van der Waals surface area contributed by atoms with Crippen molar-refractivity contribution in [3.63, 3.8) is 0 Å². The summed E-state index contributed by atoms with van der Waals surface area (Å²) in [6.45, 7) is 4.24. The fourth-order valence-corrected chi connectivity index (χ4v) is 0.663. The molecule has 1 aromatic rings. The summed E-state index contributed by atoms with van der Waals surface area (Å²) in [7, 11) is 0. The molecule has 0 bridgehead atoms. The van der Waals surface area contributed by atoms with E-state index in [2.05, 4.69) is 61.7 Å². The molecule has 1 N–H and O–H groups in total. The second kappa shape index (κ2) is 6.47. The molecule has 1 nitrogen and oxygen atoms in total. The standard InChI is InChI=1S/C8H10.Cl2HN/c1-7-5-3-4-6-8(7)2;1-3-2/h3-6H,1-2H3;3H. The highest BCUT2D eigenvalue weighted by molar-refractivity contribution is 6.33. The molecule has 1 aromatic carbocycles. The molecule has 0 aliphatic heterocycles. The monoisotopic (exact) mass is 191 g/mol. The van der Waals surface area contributed by atoms with Gasteiger partial charge in [-0.2, -0.15) is 0 Å². The van der Waals surface area contributed by atoms with Gasteiger partial charge in [0.15, 0.2) is 0 Å². The van der Waals surface area contributed by atoms with E-state index < -0.39 is 0 Å². The molecule has 62 valence electrons. The number of hydrogen-bond acceptors (Lipinski definition) is 1. The van der Waals surface area contributed by atoms with E-state index in [0.29, 0.717) is 0 Å². The van der Waals surface area contributed by atoms with Crippen molar-refractivity contribution < 1.29 is 0 Å². The molecule has 0 heterocycles. The van der Waals surface area contributed by atoms with Crippen LogP contribution in [-0.2, 0) is 0 Å². The first-order chi connectivity index (χ1) is 5.22. The van der Waals surface area contributed by atoms with Crippen LogP contribution in [0.4, 0.5) is 0 Å². The van der Waals surface area contributed by atoms with Crippen LogP contribution in [0.15, 0.2) is 24.3 Å². The Balaban J connectivity index is 0.000000292. The molecule has 1 rings (SSSR count). The molecule has 0 radical (unpaired) electrons. The predicted molar refractivity (Wildman–Crippen MR) is 50.8 cm³/mol. The van der Waals surface area contributed by atoms with Gasteiger partial charge in [0.25, 0.3) is 0 Å². The maximum absolute atomic E-state index is 4.51. The highest BCUT2D eigenvalue weighted by Gasteiger charge is 1.83. The largest absolute Gasteiger partial charge is 0.145 e. The Morgan fingerprint density at radius 1 is 1.00 bits per heavy atom. The lowest BCUT2D eigenvalue weighted by Gasteiger charge is -1.93. The quantitative estimate of drug-likeness (QED) is 0.622. The number of aryl methyl sites for hydroxylation is 2. The highest BCUT2D eigenvalue weighted by Crippen LogP contribution is 2.02. The van der Waals surface area contributed by atoms with Crippen LogP contribution in [0, 0.1) is 13.8 Å². The van der Waals surface area contributed by atoms with E-state index in [4.69, 9.17) is 0 Å². The van der Waals surface area contributed by atoms with Gasteiger partial charge >= 0.3 is 0 Å². The van der Waals surface area contributed by atoms with Crippen molar-refractivity contribution in [1.82, 2.24) is 4.35 Å². The SMILES string of the molecule is Cc1ccccc1C.ClNCl. The van der Waals surface area contributed by atoms with E-state index in [1.807, 2.05) is 0 Å². The van der Waals surface area contributed by atoms with Crippen LogP contribution in [0.1, 0.15) is 11.1 Å². The first-order valence-electron chi connectivity index (χ1n) is 3.21. The topological polar surface area (TPSA) is 12.0 Å². The minimum atomic E-state index is 1.37. The second-order valence-electron chi connectivity index (χ2n) is 2.16. The van der Waals surface area contributed by atoms with Crippen LogP contribution >= 0.6 is 23.6 Å². The second-order valence-corrected chi connectivity index (χ2v) is 2.73. The molecule has 0 saturated carbocycles. The molecule has 0 aliphatic carbocycles. The number of rotatable bonds is 0. The zero-order chi connectivity index (χ0) is 8.69. The van der Waals surface area contributed by atoms with E-state index in [1.165, 1.54) is 11.1 Å². The lowest BCUT2D eigenvalue weighted by atomic mass is 10.1. The third-order valence-electron chi connectivity index (χ3n) is 1.43. The average molecular weight is 192 g/mol. The zero-order valence-electron chi connectivity index (χ0n) is 6.57. The van der Waals surface area contributed by atoms with Crippen molar-refractivity contribution in [3.8, 4) is 0 Å². The molecular weight excluding hydrogens is 181 g/mol. The van der Waals surface area contributed by atoms with Crippen LogP contribution in [0.25, 0.3) is 0 Å². The molecule has 0 atom stereocenters. The van der Waals surface area contributed by atoms with Crippen molar-refractivity contribution in [2.24, 2.45) is 0 Å². The number of hydrogen-bond donors (Lipinski definition) is 1. The van der Waals surface area contributed by atoms with Crippen LogP contribution in [0.5, 0.6) is 0 Å². The highest BCUT2D eigenvalue weighted by atomic mass is 35.5. The van der Waals surface area contributed by atoms with Crippen LogP contribution in [0.2, 0.25) is 0 Å². The minimum absolute atomic E-state index is 1.37. The number of halogens is 2. The molecule has 3 heteroatoms. The number of nitrogens with one attached hydrogen (secondary N) is 1. The Labute approximate surface area is 77.5 Å². The third kappa shape index (κ3) is 5.08. The molecule has 0 fully saturated rings. The number of benzene rings is 1. The molecule has 0 aliphatic rings. The van der Waals surface area contributed by atoms with Gasteiger partial charge in [0.2, 0.25) is 0 Å². The zero-order valence-corrected chi connectivity index (χ0v) is 8.08. The fourth-order valence-electron chi connectivity index (χ4n) is 0.663. The van der Waals surface area contributed by atoms with Gasteiger partial charge in [-0.05, 0) is 48.5 Å². The van der Waals surface area contributed by atoms with Gasteiger partial charge < -0.3 is 0 Å². The first-order valence-corrected chi connectivity index (χ1v) is 3.96. The van der Waals surface area contributed by atoms with E-state index in [1.54, 1.807) is 4.35 Å². The van der Waals surface area contributed by atoms with E-state index in [0.717, 1.165) is 0 Å². The van der Waals surface area contributed by atoms with E-state index >= 15 is 0 Å². The van der Waals surface area contributed by atoms with Gasteiger partial charge in [0, 0.05) is 0 Å². The van der Waals surface area contributed by atoms with Gasteiger partial charge in [-0.15, -0.1) is 4.35 Å². The third-order valence-corrected chi connectivity index (χ3v) is 1.43. The van der Waals surface area contributed by atoms with Crippen molar-refractivity contribution in [1.29, 1.82) is 0 Å². The maximum Gasteiger partial charge on any atom is -0.00838 e. The van der Waals surface area contributed by atoms with Crippen molar-refractivity contribution in [2.45, 2.75) is 13.8 Å². The fraction of sp³-hybridized carbons (Fsp3) is 0.250. The normalized spacial score (nSPS) is 8.36. The van der Waals surface area contributed by atoms with Gasteiger partial charge in [0.1, 0.15) is 0 Å². The Morgan fingerprint density at radius 3 is 1.45 bits per heavy atom. The Kier molecular flexibility index (Phi) is 6.33. The summed E-state index contributed by atoms with van der Waals surface area (Å²) in [5.74, 6) is 0. The van der Waals surface area contributed by atoms with Gasteiger partial charge in [-0.25, -0.2) is 0 Å². The molecule has 0 saturated heterocycles. The predicted octanol–water partition coefficient (Wildman–Crippen LogP) is 3.19. The van der Waals surface area contributed by atoms with Crippen LogP contribution in [0.3, 0.4) is 0 Å². The Bertz CT molecular complexity index is 180. The Morgan fingerprint density at radius 2 is 1.27 bits per heavy atom. The summed E-state index contributed by atoms with van der Waals surface area (Å²) in [6, 6.07) is 8.36. The average Bonchev–Trinajstić information content (AvgIpc) is 1.97. The molecule has 0 amide bonds. The van der Waals surface area contributed by atoms with Crippen LogP contribution in [-0.4, -0.2) is 0 Å². The van der Waals surface area contributed by atoms with Gasteiger partial charge in [-0.3, -0.25) is 0 Å². The molecular formula is C8H11Cl2N. The maximum atomic E-state index is 4.51. The van der Waals surface area contributed by atoms with Gasteiger partial charge in [0.05, 0.1) is 0 Å². The lowest BCUT2D eigenvalue weighted by molar-refractivity contribution is 1.34. The van der Waals surface area contributed by atoms with Crippen molar-refractivity contribution >= 4 is 23.6 Å². The van der Waals surface area contributed by atoms with E-state index in [9.17, 15) is 0 Å². The summed E-state index contributed by atoms with van der Waals surface area (Å²) >= 11 is 9.03. The van der Waals surface area contributed by atoms with Gasteiger partial charge in [-0.1, -0.05) is 24.3 Å². The minimum Gasteiger partial charge on any atom is -0.145 e. The van der Waals surface area contributed by atoms with E-state index in [-0.39, 0.29) is 0 Å². The Hall–Kier alpha value is -0.240. The smallest absolute Gasteiger partial charge is 0.00838 e. The summed E-state index contributed by atoms with van der Waals surface area (Å²) in [6.07, 6.45) is 0. The molecule has 0 spiro atoms. The van der Waals surface area contributed by atoms with Crippen LogP contribution < -0.4 is 4.35 Å². The summed E-state index contributed by atoms with van der Waals surface area (Å²) in [4.78, 5) is 0. The summed E-state index contributed by atoms with van der Waals surface area (Å²) in [5, 5.41) is 0.